The smallest absolute Gasteiger partial charge is 0.124 e. The Morgan fingerprint density at radius 2 is 2.00 bits per heavy atom. The maximum absolute atomic E-state index is 9.42. The lowest BCUT2D eigenvalue weighted by Gasteiger charge is -2.25. The number of para-hydroxylation sites is 1. The van der Waals surface area contributed by atoms with E-state index < -0.39 is 0 Å². The highest BCUT2D eigenvalue weighted by Gasteiger charge is 2.17. The highest BCUT2D eigenvalue weighted by Crippen LogP contribution is 2.25. The highest BCUT2D eigenvalue weighted by molar-refractivity contribution is 5.36. The summed E-state index contributed by atoms with van der Waals surface area (Å²) in [6.45, 7) is 6.95. The molecule has 3 atom stereocenters. The second kappa shape index (κ2) is 8.15. The van der Waals surface area contributed by atoms with E-state index in [1.165, 1.54) is 0 Å². The van der Waals surface area contributed by atoms with E-state index in [4.69, 9.17) is 10.5 Å². The van der Waals surface area contributed by atoms with Gasteiger partial charge in [0.15, 0.2) is 0 Å². The molecular weight excluding hydrogens is 240 g/mol. The van der Waals surface area contributed by atoms with Crippen LogP contribution < -0.4 is 15.8 Å². The number of benzene rings is 1. The van der Waals surface area contributed by atoms with Gasteiger partial charge in [0.05, 0.1) is 12.7 Å². The zero-order chi connectivity index (χ0) is 14.3. The van der Waals surface area contributed by atoms with Gasteiger partial charge in [0.25, 0.3) is 0 Å². The molecule has 0 aliphatic carbocycles. The van der Waals surface area contributed by atoms with Crippen molar-refractivity contribution in [1.29, 1.82) is 0 Å². The Bertz CT molecular complexity index is 369. The highest BCUT2D eigenvalue weighted by atomic mass is 16.5. The van der Waals surface area contributed by atoms with E-state index in [1.54, 1.807) is 6.92 Å². The van der Waals surface area contributed by atoms with Gasteiger partial charge in [-0.3, -0.25) is 0 Å². The molecule has 1 aromatic carbocycles. The van der Waals surface area contributed by atoms with E-state index in [9.17, 15) is 5.11 Å². The third-order valence-electron chi connectivity index (χ3n) is 3.01. The van der Waals surface area contributed by atoms with Gasteiger partial charge in [-0.2, -0.15) is 0 Å². The molecule has 0 aromatic heterocycles. The molecule has 0 saturated carbocycles. The minimum absolute atomic E-state index is 0.0384. The topological polar surface area (TPSA) is 67.5 Å². The van der Waals surface area contributed by atoms with E-state index in [2.05, 4.69) is 12.2 Å². The molecular formula is C15H26N2O2. The van der Waals surface area contributed by atoms with Gasteiger partial charge in [0.1, 0.15) is 5.75 Å². The second-order valence-corrected chi connectivity index (χ2v) is 4.91. The van der Waals surface area contributed by atoms with Crippen LogP contribution >= 0.6 is 0 Å². The molecule has 1 aromatic rings. The molecule has 4 heteroatoms. The Morgan fingerprint density at radius 1 is 1.32 bits per heavy atom. The van der Waals surface area contributed by atoms with Crippen LogP contribution in [0.4, 0.5) is 0 Å². The lowest BCUT2D eigenvalue weighted by molar-refractivity contribution is 0.168. The third-order valence-corrected chi connectivity index (χ3v) is 3.01. The first-order chi connectivity index (χ1) is 9.08. The molecule has 0 amide bonds. The van der Waals surface area contributed by atoms with Crippen molar-refractivity contribution in [2.24, 2.45) is 5.73 Å². The Balaban J connectivity index is 2.79. The summed E-state index contributed by atoms with van der Waals surface area (Å²) in [5, 5.41) is 12.9. The van der Waals surface area contributed by atoms with Crippen molar-refractivity contribution in [3.63, 3.8) is 0 Å². The first kappa shape index (κ1) is 16.0. The molecule has 108 valence electrons. The summed E-state index contributed by atoms with van der Waals surface area (Å²) in [4.78, 5) is 0. The van der Waals surface area contributed by atoms with Crippen LogP contribution in [0.25, 0.3) is 0 Å². The number of aliphatic hydroxyl groups is 1. The molecule has 0 bridgehead atoms. The Kier molecular flexibility index (Phi) is 6.84. The number of aliphatic hydroxyl groups excluding tert-OH is 1. The van der Waals surface area contributed by atoms with Crippen LogP contribution in [0.3, 0.4) is 0 Å². The van der Waals surface area contributed by atoms with Crippen molar-refractivity contribution < 1.29 is 9.84 Å². The standard InChI is InChI=1S/C15H26N2O2/c1-4-19-15-8-6-5-7-13(15)14(10-16)17-11(2)9-12(3)18/h5-8,11-12,14,17-18H,4,9-10,16H2,1-3H3. The fraction of sp³-hybridized carbons (Fsp3) is 0.600. The summed E-state index contributed by atoms with van der Waals surface area (Å²) < 4.78 is 5.64. The quantitative estimate of drug-likeness (QED) is 0.671. The predicted molar refractivity (Wildman–Crippen MR) is 78.3 cm³/mol. The fourth-order valence-corrected chi connectivity index (χ4v) is 2.26. The average molecular weight is 266 g/mol. The number of nitrogens with one attached hydrogen (secondary N) is 1. The van der Waals surface area contributed by atoms with Crippen LogP contribution in [-0.2, 0) is 0 Å². The monoisotopic (exact) mass is 266 g/mol. The lowest BCUT2D eigenvalue weighted by Crippen LogP contribution is -2.36. The molecule has 0 heterocycles. The summed E-state index contributed by atoms with van der Waals surface area (Å²) in [7, 11) is 0. The summed E-state index contributed by atoms with van der Waals surface area (Å²) >= 11 is 0. The van der Waals surface area contributed by atoms with Gasteiger partial charge < -0.3 is 20.9 Å². The maximum atomic E-state index is 9.42. The Hall–Kier alpha value is -1.10. The minimum Gasteiger partial charge on any atom is -0.494 e. The van der Waals surface area contributed by atoms with Crippen LogP contribution in [0.2, 0.25) is 0 Å². The molecule has 0 spiro atoms. The van der Waals surface area contributed by atoms with Gasteiger partial charge in [0, 0.05) is 24.2 Å². The van der Waals surface area contributed by atoms with E-state index in [-0.39, 0.29) is 18.2 Å². The molecule has 0 saturated heterocycles. The summed E-state index contributed by atoms with van der Waals surface area (Å²) in [5.41, 5.74) is 6.94. The SMILES string of the molecule is CCOc1ccccc1C(CN)NC(C)CC(C)O. The molecule has 4 nitrogen and oxygen atoms in total. The van der Waals surface area contributed by atoms with Gasteiger partial charge in [0.2, 0.25) is 0 Å². The van der Waals surface area contributed by atoms with Gasteiger partial charge in [-0.15, -0.1) is 0 Å². The molecule has 0 radical (unpaired) electrons. The van der Waals surface area contributed by atoms with Crippen LogP contribution in [-0.4, -0.2) is 30.4 Å². The van der Waals surface area contributed by atoms with Gasteiger partial charge in [-0.05, 0) is 33.3 Å². The summed E-state index contributed by atoms with van der Waals surface area (Å²) in [6, 6.07) is 8.18. The molecule has 19 heavy (non-hydrogen) atoms. The number of rotatable bonds is 8. The van der Waals surface area contributed by atoms with Crippen LogP contribution in [0.5, 0.6) is 5.75 Å². The van der Waals surface area contributed by atoms with Crippen LogP contribution in [0.15, 0.2) is 24.3 Å². The molecule has 3 unspecified atom stereocenters. The maximum Gasteiger partial charge on any atom is 0.124 e. The van der Waals surface area contributed by atoms with Gasteiger partial charge >= 0.3 is 0 Å². The van der Waals surface area contributed by atoms with E-state index in [0.717, 1.165) is 11.3 Å². The lowest BCUT2D eigenvalue weighted by atomic mass is 10.0. The zero-order valence-corrected chi connectivity index (χ0v) is 12.1. The fourth-order valence-electron chi connectivity index (χ4n) is 2.26. The normalized spacial score (nSPS) is 15.8. The first-order valence-corrected chi connectivity index (χ1v) is 6.94. The number of hydrogen-bond acceptors (Lipinski definition) is 4. The molecule has 0 aliphatic rings. The van der Waals surface area contributed by atoms with Crippen molar-refractivity contribution in [2.45, 2.75) is 45.4 Å². The molecule has 1 rings (SSSR count). The molecule has 0 fully saturated rings. The molecule has 0 aliphatic heterocycles. The summed E-state index contributed by atoms with van der Waals surface area (Å²) in [6.07, 6.45) is 0.385. The van der Waals surface area contributed by atoms with E-state index in [0.29, 0.717) is 19.6 Å². The minimum atomic E-state index is -0.317. The number of ether oxygens (including phenoxy) is 1. The predicted octanol–water partition coefficient (Wildman–Crippen LogP) is 1.83. The van der Waals surface area contributed by atoms with Crippen LogP contribution in [0, 0.1) is 0 Å². The van der Waals surface area contributed by atoms with Crippen molar-refractivity contribution in [3.05, 3.63) is 29.8 Å². The van der Waals surface area contributed by atoms with E-state index in [1.807, 2.05) is 31.2 Å². The molecule has 4 N–H and O–H groups in total. The van der Waals surface area contributed by atoms with Crippen molar-refractivity contribution in [2.75, 3.05) is 13.2 Å². The van der Waals surface area contributed by atoms with Crippen LogP contribution in [0.1, 0.15) is 38.8 Å². The third kappa shape index (κ3) is 5.19. The summed E-state index contributed by atoms with van der Waals surface area (Å²) in [5.74, 6) is 0.872. The first-order valence-electron chi connectivity index (χ1n) is 6.94. The van der Waals surface area contributed by atoms with Crippen molar-refractivity contribution in [3.8, 4) is 5.75 Å². The largest absolute Gasteiger partial charge is 0.494 e. The Morgan fingerprint density at radius 3 is 2.58 bits per heavy atom. The Labute approximate surface area is 116 Å². The number of hydrogen-bond donors (Lipinski definition) is 3. The zero-order valence-electron chi connectivity index (χ0n) is 12.1. The second-order valence-electron chi connectivity index (χ2n) is 4.91. The van der Waals surface area contributed by atoms with Crippen molar-refractivity contribution in [1.82, 2.24) is 5.32 Å². The number of nitrogens with two attached hydrogens (primary N) is 1. The van der Waals surface area contributed by atoms with Gasteiger partial charge in [-0.1, -0.05) is 18.2 Å². The van der Waals surface area contributed by atoms with E-state index >= 15 is 0 Å². The average Bonchev–Trinajstić information content (AvgIpc) is 2.36. The van der Waals surface area contributed by atoms with Gasteiger partial charge in [-0.25, -0.2) is 0 Å². The van der Waals surface area contributed by atoms with Crippen molar-refractivity contribution >= 4 is 0 Å².